The van der Waals surface area contributed by atoms with Gasteiger partial charge in [-0.25, -0.2) is 0 Å². The summed E-state index contributed by atoms with van der Waals surface area (Å²) in [4.78, 5) is 14.4. The molecule has 0 fully saturated rings. The summed E-state index contributed by atoms with van der Waals surface area (Å²) in [5.74, 6) is 0.651. The van der Waals surface area contributed by atoms with E-state index in [2.05, 4.69) is 28.1 Å². The Hall–Kier alpha value is -2.63. The third kappa shape index (κ3) is 5.42. The van der Waals surface area contributed by atoms with Crippen LogP contribution in [0.4, 0.5) is 5.69 Å². The van der Waals surface area contributed by atoms with Crippen LogP contribution >= 0.6 is 11.3 Å². The van der Waals surface area contributed by atoms with Crippen LogP contribution in [0.15, 0.2) is 72.1 Å². The van der Waals surface area contributed by atoms with Crippen LogP contribution in [0.1, 0.15) is 23.4 Å². The number of nitrogens with two attached hydrogens (primary N) is 1. The van der Waals surface area contributed by atoms with Gasteiger partial charge in [0.1, 0.15) is 5.75 Å². The number of quaternary nitrogens is 1. The van der Waals surface area contributed by atoms with Crippen molar-refractivity contribution < 1.29 is 14.8 Å². The Labute approximate surface area is 164 Å². The van der Waals surface area contributed by atoms with Crippen molar-refractivity contribution in [1.29, 1.82) is 0 Å². The molecule has 0 radical (unpaired) electrons. The number of amides is 1. The lowest BCUT2D eigenvalue weighted by Crippen LogP contribution is -2.87. The second kappa shape index (κ2) is 9.90. The molecule has 27 heavy (non-hydrogen) atoms. The van der Waals surface area contributed by atoms with Crippen molar-refractivity contribution in [2.45, 2.75) is 19.4 Å². The lowest BCUT2D eigenvalue weighted by atomic mass is 10.1. The van der Waals surface area contributed by atoms with Crippen LogP contribution in [0, 0.1) is 0 Å². The molecule has 3 rings (SSSR count). The molecule has 1 atom stereocenters. The van der Waals surface area contributed by atoms with Crippen molar-refractivity contribution >= 4 is 22.9 Å². The van der Waals surface area contributed by atoms with Crippen LogP contribution in [-0.2, 0) is 11.2 Å². The Balaban J connectivity index is 1.72. The molecular formula is C22H25N2O2S+. The number of benzene rings is 2. The molecule has 0 aliphatic rings. The predicted molar refractivity (Wildman–Crippen MR) is 110 cm³/mol. The lowest BCUT2D eigenvalue weighted by molar-refractivity contribution is -0.682. The summed E-state index contributed by atoms with van der Waals surface area (Å²) < 4.78 is 5.63. The zero-order valence-corrected chi connectivity index (χ0v) is 16.2. The van der Waals surface area contributed by atoms with Gasteiger partial charge in [-0.15, -0.1) is 11.3 Å². The number of carbonyl (C=O) groups excluding carboxylic acids is 1. The molecule has 3 aromatic rings. The van der Waals surface area contributed by atoms with Crippen molar-refractivity contribution in [2.75, 3.05) is 18.5 Å². The van der Waals surface area contributed by atoms with Crippen molar-refractivity contribution in [3.05, 3.63) is 82.6 Å². The molecule has 1 amide bonds. The second-order valence-corrected chi connectivity index (χ2v) is 7.19. The summed E-state index contributed by atoms with van der Waals surface area (Å²) in [7, 11) is 0. The molecular weight excluding hydrogens is 356 g/mol. The van der Waals surface area contributed by atoms with Crippen molar-refractivity contribution in [3.8, 4) is 5.75 Å². The smallest absolute Gasteiger partial charge is 0.287 e. The number of rotatable bonds is 9. The van der Waals surface area contributed by atoms with Gasteiger partial charge in [-0.1, -0.05) is 48.5 Å². The summed E-state index contributed by atoms with van der Waals surface area (Å²) in [5, 5.41) is 7.23. The molecule has 0 bridgehead atoms. The number of hydrogen-bond acceptors (Lipinski definition) is 3. The van der Waals surface area contributed by atoms with Crippen molar-refractivity contribution in [3.63, 3.8) is 0 Å². The molecule has 1 aromatic heterocycles. The van der Waals surface area contributed by atoms with E-state index in [1.54, 1.807) is 11.3 Å². The largest absolute Gasteiger partial charge is 0.492 e. The van der Waals surface area contributed by atoms with E-state index >= 15 is 0 Å². The molecule has 0 unspecified atom stereocenters. The highest BCUT2D eigenvalue weighted by atomic mass is 32.1. The molecule has 0 saturated carbocycles. The Kier molecular flexibility index (Phi) is 7.02. The van der Waals surface area contributed by atoms with E-state index in [1.165, 1.54) is 4.88 Å². The minimum absolute atomic E-state index is 0.0421. The van der Waals surface area contributed by atoms with Crippen molar-refractivity contribution in [1.82, 2.24) is 0 Å². The third-order valence-corrected chi connectivity index (χ3v) is 5.20. The fraction of sp³-hybridized carbons (Fsp3) is 0.227. The third-order valence-electron chi connectivity index (χ3n) is 4.26. The van der Waals surface area contributed by atoms with Crippen molar-refractivity contribution in [2.24, 2.45) is 0 Å². The molecule has 3 N–H and O–H groups in total. The second-order valence-electron chi connectivity index (χ2n) is 6.16. The fourth-order valence-electron chi connectivity index (χ4n) is 2.96. The molecule has 140 valence electrons. The minimum Gasteiger partial charge on any atom is -0.492 e. The first-order chi connectivity index (χ1) is 13.3. The van der Waals surface area contributed by atoms with Crippen LogP contribution in [0.3, 0.4) is 0 Å². The Morgan fingerprint density at radius 3 is 2.59 bits per heavy atom. The average Bonchev–Trinajstić information content (AvgIpc) is 3.21. The predicted octanol–water partition coefficient (Wildman–Crippen LogP) is 3.63. The maximum atomic E-state index is 13.1. The fourth-order valence-corrected chi connectivity index (χ4v) is 3.69. The Bertz CT molecular complexity index is 835. The van der Waals surface area contributed by atoms with Gasteiger partial charge < -0.3 is 15.4 Å². The standard InChI is InChI=1S/C22H24N2O2S/c1-2-26-20-13-7-6-12-19(20)24-22(25)21(17-9-4-3-5-10-17)23-15-14-18-11-8-16-27-18/h3-13,16,21,23H,2,14-15H2,1H3,(H,24,25)/p+1/t21-/m1/s1. The number of carbonyl (C=O) groups is 1. The van der Waals surface area contributed by atoms with Gasteiger partial charge in [0.25, 0.3) is 5.91 Å². The number of hydrogen-bond donors (Lipinski definition) is 2. The first-order valence-corrected chi connectivity index (χ1v) is 10.1. The Morgan fingerprint density at radius 2 is 1.85 bits per heavy atom. The highest BCUT2D eigenvalue weighted by Crippen LogP contribution is 2.24. The number of anilines is 1. The van der Waals surface area contributed by atoms with E-state index < -0.39 is 0 Å². The highest BCUT2D eigenvalue weighted by molar-refractivity contribution is 7.09. The molecule has 1 heterocycles. The number of ether oxygens (including phenoxy) is 1. The topological polar surface area (TPSA) is 54.9 Å². The summed E-state index contributed by atoms with van der Waals surface area (Å²) in [6.45, 7) is 3.34. The number of nitrogens with one attached hydrogen (secondary N) is 1. The van der Waals surface area contributed by atoms with E-state index in [9.17, 15) is 4.79 Å². The molecule has 0 saturated heterocycles. The van der Waals surface area contributed by atoms with E-state index in [1.807, 2.05) is 61.5 Å². The average molecular weight is 382 g/mol. The summed E-state index contributed by atoms with van der Waals surface area (Å²) in [6.07, 6.45) is 0.948. The zero-order chi connectivity index (χ0) is 18.9. The van der Waals surface area contributed by atoms with Gasteiger partial charge in [0.15, 0.2) is 6.04 Å². The van der Waals surface area contributed by atoms with Crippen LogP contribution in [0.2, 0.25) is 0 Å². The molecule has 5 heteroatoms. The van der Waals surface area contributed by atoms with Crippen LogP contribution < -0.4 is 15.4 Å². The Morgan fingerprint density at radius 1 is 1.07 bits per heavy atom. The first-order valence-electron chi connectivity index (χ1n) is 9.21. The molecule has 2 aromatic carbocycles. The van der Waals surface area contributed by atoms with E-state index in [-0.39, 0.29) is 11.9 Å². The van der Waals surface area contributed by atoms with Gasteiger partial charge in [0.05, 0.1) is 18.8 Å². The van der Waals surface area contributed by atoms with E-state index in [0.717, 1.165) is 18.5 Å². The molecule has 0 spiro atoms. The maximum absolute atomic E-state index is 13.1. The van der Waals surface area contributed by atoms with Crippen LogP contribution in [0.25, 0.3) is 0 Å². The van der Waals surface area contributed by atoms with Gasteiger partial charge in [-0.3, -0.25) is 4.79 Å². The van der Waals surface area contributed by atoms with Gasteiger partial charge in [-0.05, 0) is 30.5 Å². The number of para-hydroxylation sites is 2. The van der Waals surface area contributed by atoms with Gasteiger partial charge in [-0.2, -0.15) is 0 Å². The summed E-state index contributed by atoms with van der Waals surface area (Å²) in [5.41, 5.74) is 1.70. The first kappa shape index (κ1) is 19.1. The normalized spacial score (nSPS) is 11.7. The van der Waals surface area contributed by atoms with Crippen LogP contribution in [0.5, 0.6) is 5.75 Å². The monoisotopic (exact) mass is 381 g/mol. The van der Waals surface area contributed by atoms with Gasteiger partial charge >= 0.3 is 0 Å². The van der Waals surface area contributed by atoms with Gasteiger partial charge in [0, 0.05) is 16.9 Å². The molecule has 0 aliphatic heterocycles. The molecule has 0 aliphatic carbocycles. The highest BCUT2D eigenvalue weighted by Gasteiger charge is 2.24. The maximum Gasteiger partial charge on any atom is 0.287 e. The zero-order valence-electron chi connectivity index (χ0n) is 15.4. The summed E-state index contributed by atoms with van der Waals surface area (Å²) in [6, 6.07) is 21.3. The van der Waals surface area contributed by atoms with E-state index in [0.29, 0.717) is 18.0 Å². The summed E-state index contributed by atoms with van der Waals surface area (Å²) >= 11 is 1.75. The lowest BCUT2D eigenvalue weighted by Gasteiger charge is -2.17. The van der Waals surface area contributed by atoms with Crippen LogP contribution in [-0.4, -0.2) is 19.1 Å². The van der Waals surface area contributed by atoms with E-state index in [4.69, 9.17) is 4.74 Å². The number of thiophene rings is 1. The minimum atomic E-state index is -0.305. The SMILES string of the molecule is CCOc1ccccc1NC(=O)[C@H]([NH2+]CCc1cccs1)c1ccccc1. The quantitative estimate of drug-likeness (QED) is 0.595. The van der Waals surface area contributed by atoms with Gasteiger partial charge in [0.2, 0.25) is 0 Å². The molecule has 4 nitrogen and oxygen atoms in total.